The average molecular weight is 210 g/mol. The molecule has 4 heteroatoms. The van der Waals surface area contributed by atoms with E-state index in [0.717, 1.165) is 50.8 Å². The van der Waals surface area contributed by atoms with Gasteiger partial charge in [0.25, 0.3) is 0 Å². The van der Waals surface area contributed by atoms with Crippen LogP contribution in [-0.2, 0) is 11.3 Å². The lowest BCUT2D eigenvalue weighted by atomic mass is 10.1. The maximum absolute atomic E-state index is 5.66. The third-order valence-electron chi connectivity index (χ3n) is 2.61. The van der Waals surface area contributed by atoms with Crippen molar-refractivity contribution < 1.29 is 9.15 Å². The highest BCUT2D eigenvalue weighted by molar-refractivity contribution is 5.03. The molecule has 0 aromatic carbocycles. The lowest BCUT2D eigenvalue weighted by Gasteiger charge is -2.01. The largest absolute Gasteiger partial charge is 0.444 e. The molecular formula is C11H18N2O2. The summed E-state index contributed by atoms with van der Waals surface area (Å²) >= 11 is 0. The number of ether oxygens (including phenoxy) is 1. The van der Waals surface area contributed by atoms with E-state index in [0.29, 0.717) is 5.92 Å². The van der Waals surface area contributed by atoms with Crippen LogP contribution in [0.4, 0.5) is 0 Å². The van der Waals surface area contributed by atoms with Gasteiger partial charge in [-0.2, -0.15) is 0 Å². The highest BCUT2D eigenvalue weighted by atomic mass is 16.5. The topological polar surface area (TPSA) is 47.3 Å². The molecule has 1 fully saturated rings. The Balaban J connectivity index is 1.86. The fourth-order valence-corrected chi connectivity index (χ4v) is 1.73. The zero-order chi connectivity index (χ0) is 10.5. The maximum Gasteiger partial charge on any atom is 0.208 e. The van der Waals surface area contributed by atoms with Crippen LogP contribution in [0.15, 0.2) is 10.6 Å². The molecule has 1 aromatic heterocycles. The van der Waals surface area contributed by atoms with Crippen LogP contribution in [0.2, 0.25) is 0 Å². The smallest absolute Gasteiger partial charge is 0.208 e. The molecule has 0 saturated carbocycles. The summed E-state index contributed by atoms with van der Waals surface area (Å²) in [6.07, 6.45) is 4.02. The third kappa shape index (κ3) is 2.79. The van der Waals surface area contributed by atoms with Crippen molar-refractivity contribution in [2.24, 2.45) is 0 Å². The molecule has 2 rings (SSSR count). The summed E-state index contributed by atoms with van der Waals surface area (Å²) in [6, 6.07) is 0. The van der Waals surface area contributed by atoms with Crippen molar-refractivity contribution in [1.29, 1.82) is 0 Å². The van der Waals surface area contributed by atoms with Gasteiger partial charge in [0.1, 0.15) is 5.76 Å². The lowest BCUT2D eigenvalue weighted by Crippen LogP contribution is -2.13. The van der Waals surface area contributed by atoms with Crippen molar-refractivity contribution in [2.45, 2.75) is 32.2 Å². The molecular weight excluding hydrogens is 192 g/mol. The molecule has 1 aliphatic heterocycles. The molecule has 2 heterocycles. The van der Waals surface area contributed by atoms with Gasteiger partial charge in [0, 0.05) is 12.5 Å². The molecule has 4 nitrogen and oxygen atoms in total. The second-order valence-corrected chi connectivity index (χ2v) is 3.89. The Morgan fingerprint density at radius 2 is 2.53 bits per heavy atom. The highest BCUT2D eigenvalue weighted by Crippen LogP contribution is 2.25. The minimum atomic E-state index is 0.414. The minimum Gasteiger partial charge on any atom is -0.444 e. The summed E-state index contributed by atoms with van der Waals surface area (Å²) in [7, 11) is 0. The van der Waals surface area contributed by atoms with Gasteiger partial charge in [-0.1, -0.05) is 6.92 Å². The molecule has 15 heavy (non-hydrogen) atoms. The SMILES string of the molecule is CCCNCc1ncc(C2CCOC2)o1. The summed E-state index contributed by atoms with van der Waals surface area (Å²) in [4.78, 5) is 4.25. The Morgan fingerprint density at radius 3 is 3.27 bits per heavy atom. The molecule has 84 valence electrons. The van der Waals surface area contributed by atoms with E-state index in [-0.39, 0.29) is 0 Å². The molecule has 0 radical (unpaired) electrons. The first-order valence-electron chi connectivity index (χ1n) is 5.63. The van der Waals surface area contributed by atoms with Crippen LogP contribution >= 0.6 is 0 Å². The number of nitrogens with zero attached hydrogens (tertiary/aromatic N) is 1. The fourth-order valence-electron chi connectivity index (χ4n) is 1.73. The second kappa shape index (κ2) is 5.28. The molecule has 1 N–H and O–H groups in total. The lowest BCUT2D eigenvalue weighted by molar-refractivity contribution is 0.191. The molecule has 1 aromatic rings. The molecule has 0 amide bonds. The van der Waals surface area contributed by atoms with E-state index >= 15 is 0 Å². The highest BCUT2D eigenvalue weighted by Gasteiger charge is 2.21. The number of aromatic nitrogens is 1. The number of rotatable bonds is 5. The van der Waals surface area contributed by atoms with Gasteiger partial charge in [0.2, 0.25) is 5.89 Å². The third-order valence-corrected chi connectivity index (χ3v) is 2.61. The van der Waals surface area contributed by atoms with Crippen molar-refractivity contribution in [3.05, 3.63) is 17.8 Å². The maximum atomic E-state index is 5.66. The van der Waals surface area contributed by atoms with E-state index in [2.05, 4.69) is 17.2 Å². The van der Waals surface area contributed by atoms with E-state index < -0.39 is 0 Å². The normalized spacial score (nSPS) is 21.0. The number of oxazole rings is 1. The van der Waals surface area contributed by atoms with E-state index in [4.69, 9.17) is 9.15 Å². The molecule has 0 aliphatic carbocycles. The van der Waals surface area contributed by atoms with Gasteiger partial charge in [-0.3, -0.25) is 0 Å². The molecule has 1 unspecified atom stereocenters. The Labute approximate surface area is 90.0 Å². The first-order chi connectivity index (χ1) is 7.40. The first kappa shape index (κ1) is 10.6. The van der Waals surface area contributed by atoms with Gasteiger partial charge >= 0.3 is 0 Å². The standard InChI is InChI=1S/C11H18N2O2/c1-2-4-12-7-11-13-6-10(15-11)9-3-5-14-8-9/h6,9,12H,2-5,7-8H2,1H3. The van der Waals surface area contributed by atoms with E-state index in [9.17, 15) is 0 Å². The van der Waals surface area contributed by atoms with Gasteiger partial charge in [-0.15, -0.1) is 0 Å². The number of hydrogen-bond acceptors (Lipinski definition) is 4. The van der Waals surface area contributed by atoms with Crippen molar-refractivity contribution in [3.8, 4) is 0 Å². The predicted molar refractivity (Wildman–Crippen MR) is 56.7 cm³/mol. The van der Waals surface area contributed by atoms with Crippen LogP contribution in [0.5, 0.6) is 0 Å². The zero-order valence-corrected chi connectivity index (χ0v) is 9.16. The molecule has 0 bridgehead atoms. The number of hydrogen-bond donors (Lipinski definition) is 1. The Bertz CT molecular complexity index is 293. The Kier molecular flexibility index (Phi) is 3.75. The minimum absolute atomic E-state index is 0.414. The van der Waals surface area contributed by atoms with Crippen molar-refractivity contribution in [2.75, 3.05) is 19.8 Å². The summed E-state index contributed by atoms with van der Waals surface area (Å²) in [5, 5.41) is 3.27. The summed E-state index contributed by atoms with van der Waals surface area (Å²) in [5.74, 6) is 2.17. The quantitative estimate of drug-likeness (QED) is 0.751. The summed E-state index contributed by atoms with van der Waals surface area (Å²) < 4.78 is 11.0. The van der Waals surface area contributed by atoms with Gasteiger partial charge in [-0.25, -0.2) is 4.98 Å². The van der Waals surface area contributed by atoms with Crippen molar-refractivity contribution >= 4 is 0 Å². The fraction of sp³-hybridized carbons (Fsp3) is 0.727. The molecule has 1 saturated heterocycles. The first-order valence-corrected chi connectivity index (χ1v) is 5.63. The monoisotopic (exact) mass is 210 g/mol. The van der Waals surface area contributed by atoms with Crippen LogP contribution in [0.25, 0.3) is 0 Å². The summed E-state index contributed by atoms with van der Waals surface area (Å²) in [5.41, 5.74) is 0. The van der Waals surface area contributed by atoms with Crippen molar-refractivity contribution in [3.63, 3.8) is 0 Å². The van der Waals surface area contributed by atoms with Crippen LogP contribution in [0.1, 0.15) is 37.3 Å². The molecule has 1 aliphatic rings. The second-order valence-electron chi connectivity index (χ2n) is 3.89. The van der Waals surface area contributed by atoms with Crippen LogP contribution < -0.4 is 5.32 Å². The van der Waals surface area contributed by atoms with Gasteiger partial charge in [0.05, 0.1) is 19.3 Å². The average Bonchev–Trinajstić information content (AvgIpc) is 2.87. The molecule has 0 spiro atoms. The summed E-state index contributed by atoms with van der Waals surface area (Å²) in [6.45, 7) is 5.49. The van der Waals surface area contributed by atoms with Gasteiger partial charge in [-0.05, 0) is 19.4 Å². The van der Waals surface area contributed by atoms with E-state index in [1.54, 1.807) is 0 Å². The number of nitrogens with one attached hydrogen (secondary N) is 1. The van der Waals surface area contributed by atoms with Gasteiger partial charge in [0.15, 0.2) is 0 Å². The Hall–Kier alpha value is -0.870. The van der Waals surface area contributed by atoms with Crippen molar-refractivity contribution in [1.82, 2.24) is 10.3 Å². The van der Waals surface area contributed by atoms with E-state index in [1.807, 2.05) is 6.20 Å². The van der Waals surface area contributed by atoms with Crippen LogP contribution in [0, 0.1) is 0 Å². The van der Waals surface area contributed by atoms with Crippen LogP contribution in [-0.4, -0.2) is 24.7 Å². The Morgan fingerprint density at radius 1 is 1.60 bits per heavy atom. The van der Waals surface area contributed by atoms with Crippen LogP contribution in [0.3, 0.4) is 0 Å². The molecule has 1 atom stereocenters. The van der Waals surface area contributed by atoms with E-state index in [1.165, 1.54) is 0 Å². The zero-order valence-electron chi connectivity index (χ0n) is 9.16. The predicted octanol–water partition coefficient (Wildman–Crippen LogP) is 1.68. The van der Waals surface area contributed by atoms with Gasteiger partial charge < -0.3 is 14.5 Å².